The number of rotatable bonds is 8. The summed E-state index contributed by atoms with van der Waals surface area (Å²) in [5.74, 6) is -1.70. The maximum Gasteiger partial charge on any atom is 0.407 e. The number of nitrogens with one attached hydrogen (secondary N) is 3. The minimum atomic E-state index is -1.17. The molecule has 2 aromatic rings. The number of methoxy groups -OCH3 is 1. The van der Waals surface area contributed by atoms with Crippen molar-refractivity contribution in [2.45, 2.75) is 45.8 Å². The predicted octanol–water partition coefficient (Wildman–Crippen LogP) is 2.13. The zero-order valence-electron chi connectivity index (χ0n) is 19.6. The van der Waals surface area contributed by atoms with Gasteiger partial charge in [-0.3, -0.25) is 9.59 Å². The highest BCUT2D eigenvalue weighted by atomic mass is 32.1. The van der Waals surface area contributed by atoms with Crippen molar-refractivity contribution < 1.29 is 33.8 Å². The predicted molar refractivity (Wildman–Crippen MR) is 125 cm³/mol. The SMILES string of the molecule is COC(=O)C(CNC(=O)OC(C)(C)C)NC(=O)c1sc(NC(=O)Cc2cccc(O)c2)nc1C. The number of aromatic nitrogens is 1. The van der Waals surface area contributed by atoms with Gasteiger partial charge in [-0.15, -0.1) is 0 Å². The van der Waals surface area contributed by atoms with Crippen LogP contribution in [-0.4, -0.2) is 59.3 Å². The van der Waals surface area contributed by atoms with Crippen molar-refractivity contribution in [1.82, 2.24) is 15.6 Å². The van der Waals surface area contributed by atoms with Crippen LogP contribution in [0.15, 0.2) is 24.3 Å². The van der Waals surface area contributed by atoms with Crippen molar-refractivity contribution in [3.63, 3.8) is 0 Å². The molecule has 2 rings (SSSR count). The Balaban J connectivity index is 2.02. The fraction of sp³-hybridized carbons (Fsp3) is 0.409. The molecule has 11 nitrogen and oxygen atoms in total. The molecule has 0 radical (unpaired) electrons. The molecule has 12 heteroatoms. The zero-order chi connectivity index (χ0) is 25.5. The Bertz CT molecular complexity index is 1060. The third kappa shape index (κ3) is 8.35. The van der Waals surface area contributed by atoms with Crippen molar-refractivity contribution in [2.75, 3.05) is 19.0 Å². The lowest BCUT2D eigenvalue weighted by Crippen LogP contribution is -2.49. The maximum atomic E-state index is 12.8. The molecule has 4 N–H and O–H groups in total. The number of alkyl carbamates (subject to hydrolysis) is 1. The Morgan fingerprint density at radius 3 is 2.53 bits per heavy atom. The summed E-state index contributed by atoms with van der Waals surface area (Å²) in [4.78, 5) is 53.4. The first-order valence-corrected chi connectivity index (χ1v) is 11.1. The van der Waals surface area contributed by atoms with Gasteiger partial charge in [-0.1, -0.05) is 23.5 Å². The molecule has 0 fully saturated rings. The molecule has 1 unspecified atom stereocenters. The van der Waals surface area contributed by atoms with E-state index in [1.807, 2.05) is 0 Å². The number of ether oxygens (including phenoxy) is 2. The number of amides is 3. The van der Waals surface area contributed by atoms with Gasteiger partial charge in [0, 0.05) is 0 Å². The quantitative estimate of drug-likeness (QED) is 0.408. The number of aromatic hydroxyl groups is 1. The second-order valence-corrected chi connectivity index (χ2v) is 9.26. The van der Waals surface area contributed by atoms with E-state index >= 15 is 0 Å². The molecule has 1 atom stereocenters. The first-order chi connectivity index (χ1) is 15.9. The van der Waals surface area contributed by atoms with Crippen LogP contribution in [-0.2, 0) is 25.5 Å². The van der Waals surface area contributed by atoms with Crippen molar-refractivity contribution in [2.24, 2.45) is 0 Å². The lowest BCUT2D eigenvalue weighted by Gasteiger charge is -2.21. The van der Waals surface area contributed by atoms with E-state index in [9.17, 15) is 24.3 Å². The lowest BCUT2D eigenvalue weighted by atomic mass is 10.1. The number of aryl methyl sites for hydroxylation is 1. The van der Waals surface area contributed by atoms with Gasteiger partial charge >= 0.3 is 12.1 Å². The highest BCUT2D eigenvalue weighted by Crippen LogP contribution is 2.23. The molecule has 1 aromatic heterocycles. The van der Waals surface area contributed by atoms with E-state index in [2.05, 4.69) is 20.9 Å². The molecular weight excluding hydrogens is 464 g/mol. The standard InChI is InChI=1S/C22H28N4O7S/c1-12-17(34-20(24-12)26-16(28)10-13-7-6-8-14(27)9-13)18(29)25-15(19(30)32-5)11-23-21(31)33-22(2,3)4/h6-9,15,27H,10-11H2,1-5H3,(H,23,31)(H,25,29)(H,24,26,28). The topological polar surface area (TPSA) is 156 Å². The Kier molecular flexibility index (Phi) is 8.96. The molecule has 0 aliphatic heterocycles. The number of nitrogens with zero attached hydrogens (tertiary/aromatic N) is 1. The second-order valence-electron chi connectivity index (χ2n) is 8.26. The largest absolute Gasteiger partial charge is 0.508 e. The van der Waals surface area contributed by atoms with Gasteiger partial charge in [-0.2, -0.15) is 0 Å². The van der Waals surface area contributed by atoms with E-state index in [0.29, 0.717) is 11.3 Å². The van der Waals surface area contributed by atoms with Crippen molar-refractivity contribution in [3.8, 4) is 5.75 Å². The summed E-state index contributed by atoms with van der Waals surface area (Å²) < 4.78 is 9.83. The molecule has 0 saturated heterocycles. The van der Waals surface area contributed by atoms with Crippen LogP contribution in [0, 0.1) is 6.92 Å². The maximum absolute atomic E-state index is 12.8. The third-order valence-corrected chi connectivity index (χ3v) is 5.24. The normalized spacial score (nSPS) is 11.8. The number of hydrogen-bond acceptors (Lipinski definition) is 9. The van der Waals surface area contributed by atoms with Crippen LogP contribution >= 0.6 is 11.3 Å². The second kappa shape index (κ2) is 11.5. The van der Waals surface area contributed by atoms with E-state index in [1.54, 1.807) is 39.8 Å². The van der Waals surface area contributed by atoms with Crippen LogP contribution in [0.1, 0.15) is 41.7 Å². The molecule has 1 heterocycles. The van der Waals surface area contributed by atoms with Gasteiger partial charge in [0.05, 0.1) is 25.8 Å². The minimum Gasteiger partial charge on any atom is -0.508 e. The summed E-state index contributed by atoms with van der Waals surface area (Å²) in [6.45, 7) is 6.41. The van der Waals surface area contributed by atoms with Crippen LogP contribution in [0.5, 0.6) is 5.75 Å². The molecule has 1 aromatic carbocycles. The monoisotopic (exact) mass is 492 g/mol. The fourth-order valence-electron chi connectivity index (χ4n) is 2.73. The molecule has 0 aliphatic carbocycles. The van der Waals surface area contributed by atoms with E-state index in [4.69, 9.17) is 9.47 Å². The highest BCUT2D eigenvalue weighted by molar-refractivity contribution is 7.17. The van der Waals surface area contributed by atoms with Gasteiger partial charge in [-0.25, -0.2) is 14.6 Å². The van der Waals surface area contributed by atoms with Gasteiger partial charge in [0.2, 0.25) is 5.91 Å². The van der Waals surface area contributed by atoms with Crippen LogP contribution in [0.2, 0.25) is 0 Å². The summed E-state index contributed by atoms with van der Waals surface area (Å²) >= 11 is 0.935. The van der Waals surface area contributed by atoms with E-state index < -0.39 is 29.6 Å². The number of phenolic OH excluding ortho intramolecular Hbond substituents is 1. The van der Waals surface area contributed by atoms with Crippen LogP contribution in [0.25, 0.3) is 0 Å². The first-order valence-electron chi connectivity index (χ1n) is 10.3. The molecule has 0 aliphatic rings. The van der Waals surface area contributed by atoms with E-state index in [0.717, 1.165) is 18.4 Å². The number of esters is 1. The smallest absolute Gasteiger partial charge is 0.407 e. The molecule has 0 spiro atoms. The van der Waals surface area contributed by atoms with Gasteiger partial charge < -0.3 is 30.5 Å². The van der Waals surface area contributed by atoms with Crippen LogP contribution in [0.4, 0.5) is 9.93 Å². The molecule has 184 valence electrons. The molecule has 34 heavy (non-hydrogen) atoms. The number of hydrogen-bond donors (Lipinski definition) is 4. The number of benzene rings is 1. The number of phenols is 1. The van der Waals surface area contributed by atoms with Crippen LogP contribution < -0.4 is 16.0 Å². The number of carbonyl (C=O) groups is 4. The summed E-state index contributed by atoms with van der Waals surface area (Å²) in [5, 5.41) is 17.3. The third-order valence-electron chi connectivity index (χ3n) is 4.16. The molecular formula is C22H28N4O7S. The summed E-state index contributed by atoms with van der Waals surface area (Å²) in [6.07, 6.45) is -0.740. The fourth-order valence-corrected chi connectivity index (χ4v) is 3.62. The zero-order valence-corrected chi connectivity index (χ0v) is 20.4. The Hall–Kier alpha value is -3.67. The highest BCUT2D eigenvalue weighted by Gasteiger charge is 2.26. The van der Waals surface area contributed by atoms with E-state index in [-0.39, 0.29) is 34.6 Å². The molecule has 0 bridgehead atoms. The van der Waals surface area contributed by atoms with Crippen molar-refractivity contribution in [3.05, 3.63) is 40.4 Å². The van der Waals surface area contributed by atoms with E-state index in [1.165, 1.54) is 12.1 Å². The average molecular weight is 493 g/mol. The van der Waals surface area contributed by atoms with Crippen LogP contribution in [0.3, 0.4) is 0 Å². The summed E-state index contributed by atoms with van der Waals surface area (Å²) in [5.41, 5.74) is 0.233. The van der Waals surface area contributed by atoms with Gasteiger partial charge in [-0.05, 0) is 45.4 Å². The number of anilines is 1. The summed E-state index contributed by atoms with van der Waals surface area (Å²) in [7, 11) is 1.16. The lowest BCUT2D eigenvalue weighted by molar-refractivity contribution is -0.142. The summed E-state index contributed by atoms with van der Waals surface area (Å²) in [6, 6.07) is 5.13. The molecule has 0 saturated carbocycles. The van der Waals surface area contributed by atoms with Crippen molar-refractivity contribution >= 4 is 40.3 Å². The Labute approximate surface area is 200 Å². The number of carbonyl (C=O) groups excluding carboxylic acids is 4. The van der Waals surface area contributed by atoms with Crippen molar-refractivity contribution in [1.29, 1.82) is 0 Å². The van der Waals surface area contributed by atoms with Gasteiger partial charge in [0.1, 0.15) is 22.3 Å². The minimum absolute atomic E-state index is 0.00923. The molecule has 3 amide bonds. The van der Waals surface area contributed by atoms with Gasteiger partial charge in [0.25, 0.3) is 5.91 Å². The Morgan fingerprint density at radius 1 is 1.21 bits per heavy atom. The first kappa shape index (κ1) is 26.6. The average Bonchev–Trinajstić information content (AvgIpc) is 3.08. The van der Waals surface area contributed by atoms with Gasteiger partial charge in [0.15, 0.2) is 5.13 Å². The Morgan fingerprint density at radius 2 is 1.91 bits per heavy atom. The number of thiazole rings is 1.